The molecule has 8 heteroatoms. The van der Waals surface area contributed by atoms with Crippen molar-refractivity contribution in [3.63, 3.8) is 0 Å². The van der Waals surface area contributed by atoms with Crippen molar-refractivity contribution in [3.05, 3.63) is 54.6 Å². The molecule has 0 aliphatic carbocycles. The summed E-state index contributed by atoms with van der Waals surface area (Å²) in [6.07, 6.45) is 4.51. The van der Waals surface area contributed by atoms with Gasteiger partial charge in [0.2, 0.25) is 0 Å². The molecule has 1 saturated heterocycles. The smallest absolute Gasteiger partial charge is 0.175 e. The molecule has 1 aliphatic heterocycles. The van der Waals surface area contributed by atoms with Crippen molar-refractivity contribution >= 4 is 32.2 Å². The number of sulfone groups is 1. The van der Waals surface area contributed by atoms with Gasteiger partial charge in [-0.05, 0) is 55.3 Å². The summed E-state index contributed by atoms with van der Waals surface area (Å²) in [5.74, 6) is 0.514. The molecule has 0 atom stereocenters. The molecule has 28 heavy (non-hydrogen) atoms. The average Bonchev–Trinajstić information content (AvgIpc) is 2.69. The topological polar surface area (TPSA) is 75.2 Å². The molecule has 0 bridgehead atoms. The molecule has 2 heterocycles. The molecule has 1 aromatic heterocycles. The molecule has 0 amide bonds. The minimum Gasteiger partial charge on any atom is -0.382 e. The van der Waals surface area contributed by atoms with Crippen LogP contribution < -0.4 is 10.2 Å². The van der Waals surface area contributed by atoms with Gasteiger partial charge in [0.1, 0.15) is 18.0 Å². The predicted molar refractivity (Wildman–Crippen MR) is 108 cm³/mol. The molecule has 1 fully saturated rings. The summed E-state index contributed by atoms with van der Waals surface area (Å²) in [5.41, 5.74) is 1.63. The SMILES string of the molecule is CS(=O)(=O)c1ccc2ncnc(N3CCC(Nc4ccc(F)cc4)CC3)c2c1. The Hall–Kier alpha value is -2.74. The van der Waals surface area contributed by atoms with Gasteiger partial charge in [0.25, 0.3) is 0 Å². The lowest BCUT2D eigenvalue weighted by molar-refractivity contribution is 0.524. The number of hydrogen-bond donors (Lipinski definition) is 1. The number of aromatic nitrogens is 2. The van der Waals surface area contributed by atoms with Gasteiger partial charge in [-0.25, -0.2) is 22.8 Å². The maximum Gasteiger partial charge on any atom is 0.175 e. The highest BCUT2D eigenvalue weighted by atomic mass is 32.2. The van der Waals surface area contributed by atoms with E-state index >= 15 is 0 Å². The van der Waals surface area contributed by atoms with Gasteiger partial charge < -0.3 is 10.2 Å². The highest BCUT2D eigenvalue weighted by molar-refractivity contribution is 7.90. The quantitative estimate of drug-likeness (QED) is 0.725. The molecule has 146 valence electrons. The Balaban J connectivity index is 1.52. The van der Waals surface area contributed by atoms with Crippen molar-refractivity contribution < 1.29 is 12.8 Å². The van der Waals surface area contributed by atoms with Crippen LogP contribution in [0.3, 0.4) is 0 Å². The first-order chi connectivity index (χ1) is 13.4. The summed E-state index contributed by atoms with van der Waals surface area (Å²) in [6.45, 7) is 1.57. The summed E-state index contributed by atoms with van der Waals surface area (Å²) in [5, 5.41) is 4.19. The lowest BCUT2D eigenvalue weighted by Gasteiger charge is -2.34. The van der Waals surface area contributed by atoms with E-state index in [9.17, 15) is 12.8 Å². The van der Waals surface area contributed by atoms with Gasteiger partial charge in [-0.2, -0.15) is 0 Å². The molecule has 1 N–H and O–H groups in total. The van der Waals surface area contributed by atoms with E-state index in [2.05, 4.69) is 20.2 Å². The van der Waals surface area contributed by atoms with Crippen molar-refractivity contribution in [3.8, 4) is 0 Å². The Morgan fingerprint density at radius 2 is 1.79 bits per heavy atom. The second-order valence-corrected chi connectivity index (χ2v) is 9.08. The third-order valence-corrected chi connectivity index (χ3v) is 6.13. The second-order valence-electron chi connectivity index (χ2n) is 7.06. The maximum absolute atomic E-state index is 13.0. The zero-order valence-corrected chi connectivity index (χ0v) is 16.3. The number of anilines is 2. The predicted octanol–water partition coefficient (Wildman–Crippen LogP) is 3.25. The van der Waals surface area contributed by atoms with E-state index in [1.165, 1.54) is 24.7 Å². The molecule has 3 aromatic rings. The molecule has 1 aliphatic rings. The van der Waals surface area contributed by atoms with Crippen LogP contribution in [0.1, 0.15) is 12.8 Å². The van der Waals surface area contributed by atoms with Crippen LogP contribution in [-0.2, 0) is 9.84 Å². The fraction of sp³-hybridized carbons (Fsp3) is 0.300. The minimum absolute atomic E-state index is 0.246. The van der Waals surface area contributed by atoms with Crippen molar-refractivity contribution in [1.82, 2.24) is 9.97 Å². The van der Waals surface area contributed by atoms with Crippen LogP contribution >= 0.6 is 0 Å². The van der Waals surface area contributed by atoms with E-state index in [-0.39, 0.29) is 10.7 Å². The minimum atomic E-state index is -3.30. The summed E-state index contributed by atoms with van der Waals surface area (Å²) < 4.78 is 36.9. The highest BCUT2D eigenvalue weighted by Gasteiger charge is 2.22. The van der Waals surface area contributed by atoms with Gasteiger partial charge in [0.15, 0.2) is 9.84 Å². The van der Waals surface area contributed by atoms with Gasteiger partial charge in [0, 0.05) is 36.5 Å². The van der Waals surface area contributed by atoms with Crippen LogP contribution in [0.2, 0.25) is 0 Å². The van der Waals surface area contributed by atoms with Crippen molar-refractivity contribution in [1.29, 1.82) is 0 Å². The zero-order valence-electron chi connectivity index (χ0n) is 15.5. The van der Waals surface area contributed by atoms with Crippen LogP contribution in [0.25, 0.3) is 10.9 Å². The third kappa shape index (κ3) is 3.91. The standard InChI is InChI=1S/C20H21FN4O2S/c1-28(26,27)17-6-7-19-18(12-17)20(23-13-22-19)25-10-8-16(9-11-25)24-15-4-2-14(21)3-5-15/h2-7,12-13,16,24H,8-11H2,1H3. The fourth-order valence-corrected chi connectivity index (χ4v) is 4.17. The van der Waals surface area contributed by atoms with E-state index < -0.39 is 9.84 Å². The largest absolute Gasteiger partial charge is 0.382 e. The number of nitrogens with zero attached hydrogens (tertiary/aromatic N) is 3. The molecule has 2 aromatic carbocycles. The Bertz CT molecular complexity index is 1090. The first-order valence-corrected chi connectivity index (χ1v) is 11.0. The van der Waals surface area contributed by atoms with Crippen LogP contribution in [0.5, 0.6) is 0 Å². The van der Waals surface area contributed by atoms with Gasteiger partial charge in [-0.15, -0.1) is 0 Å². The van der Waals surface area contributed by atoms with Crippen LogP contribution in [0.4, 0.5) is 15.9 Å². The highest BCUT2D eigenvalue weighted by Crippen LogP contribution is 2.28. The van der Waals surface area contributed by atoms with Crippen molar-refractivity contribution in [2.45, 2.75) is 23.8 Å². The first kappa shape index (κ1) is 18.6. The maximum atomic E-state index is 13.0. The zero-order chi connectivity index (χ0) is 19.7. The van der Waals surface area contributed by atoms with E-state index in [4.69, 9.17) is 0 Å². The van der Waals surface area contributed by atoms with E-state index in [0.29, 0.717) is 6.04 Å². The first-order valence-electron chi connectivity index (χ1n) is 9.12. The van der Waals surface area contributed by atoms with Gasteiger partial charge in [0.05, 0.1) is 10.4 Å². The molecule has 0 spiro atoms. The normalized spacial score (nSPS) is 15.7. The Morgan fingerprint density at radius 1 is 1.07 bits per heavy atom. The second kappa shape index (κ2) is 7.35. The summed E-state index contributed by atoms with van der Waals surface area (Å²) in [4.78, 5) is 11.1. The Kier molecular flexibility index (Phi) is 4.89. The number of piperidine rings is 1. The number of hydrogen-bond acceptors (Lipinski definition) is 6. The van der Waals surface area contributed by atoms with Crippen LogP contribution in [-0.4, -0.2) is 43.8 Å². The summed E-state index contributed by atoms with van der Waals surface area (Å²) in [7, 11) is -3.30. The van der Waals surface area contributed by atoms with Gasteiger partial charge in [-0.1, -0.05) is 0 Å². The van der Waals surface area contributed by atoms with Gasteiger partial charge >= 0.3 is 0 Å². The third-order valence-electron chi connectivity index (χ3n) is 5.02. The fourth-order valence-electron chi connectivity index (χ4n) is 3.52. The number of fused-ring (bicyclic) bond motifs is 1. The summed E-state index contributed by atoms with van der Waals surface area (Å²) >= 11 is 0. The lowest BCUT2D eigenvalue weighted by atomic mass is 10.0. The van der Waals surface area contributed by atoms with Crippen molar-refractivity contribution in [2.75, 3.05) is 29.6 Å². The number of benzene rings is 2. The Labute approximate surface area is 163 Å². The van der Waals surface area contributed by atoms with Crippen molar-refractivity contribution in [2.24, 2.45) is 0 Å². The van der Waals surface area contributed by atoms with Crippen LogP contribution in [0.15, 0.2) is 53.7 Å². The number of rotatable bonds is 4. The molecule has 4 rings (SSSR count). The molecule has 0 unspecified atom stereocenters. The molecular weight excluding hydrogens is 379 g/mol. The van der Waals surface area contributed by atoms with E-state index in [0.717, 1.165) is 48.3 Å². The summed E-state index contributed by atoms with van der Waals surface area (Å²) in [6, 6.07) is 11.6. The van der Waals surface area contributed by atoms with E-state index in [1.54, 1.807) is 30.3 Å². The Morgan fingerprint density at radius 3 is 2.46 bits per heavy atom. The monoisotopic (exact) mass is 400 g/mol. The van der Waals surface area contributed by atoms with Crippen LogP contribution in [0, 0.1) is 5.82 Å². The molecule has 6 nitrogen and oxygen atoms in total. The lowest BCUT2D eigenvalue weighted by Crippen LogP contribution is -2.39. The molecule has 0 radical (unpaired) electrons. The average molecular weight is 400 g/mol. The van der Waals surface area contributed by atoms with E-state index in [1.807, 2.05) is 0 Å². The molecular formula is C20H21FN4O2S. The molecule has 0 saturated carbocycles. The number of halogens is 1. The van der Waals surface area contributed by atoms with Gasteiger partial charge in [-0.3, -0.25) is 0 Å². The number of nitrogens with one attached hydrogen (secondary N) is 1.